The van der Waals surface area contributed by atoms with Crippen LogP contribution in [0.1, 0.15) is 63.3 Å². The van der Waals surface area contributed by atoms with Crippen LogP contribution in [0.4, 0.5) is 0 Å². The van der Waals surface area contributed by atoms with E-state index >= 15 is 0 Å². The van der Waals surface area contributed by atoms with Gasteiger partial charge in [-0.25, -0.2) is 0 Å². The van der Waals surface area contributed by atoms with Gasteiger partial charge in [0.2, 0.25) is 5.91 Å². The third-order valence-electron chi connectivity index (χ3n) is 6.92. The smallest absolute Gasteiger partial charge is 0.261 e. The maximum Gasteiger partial charge on any atom is 0.261 e. The lowest BCUT2D eigenvalue weighted by atomic mass is 9.86. The van der Waals surface area contributed by atoms with Crippen LogP contribution in [-0.2, 0) is 28.0 Å². The lowest BCUT2D eigenvalue weighted by Crippen LogP contribution is -2.53. The molecule has 5 heteroatoms. The van der Waals surface area contributed by atoms with Crippen LogP contribution in [0.2, 0.25) is 0 Å². The van der Waals surface area contributed by atoms with Crippen molar-refractivity contribution < 1.29 is 14.3 Å². The summed E-state index contributed by atoms with van der Waals surface area (Å²) in [4.78, 5) is 29.2. The molecule has 1 N–H and O–H groups in total. The van der Waals surface area contributed by atoms with Gasteiger partial charge in [0.05, 0.1) is 0 Å². The van der Waals surface area contributed by atoms with Crippen molar-refractivity contribution >= 4 is 11.8 Å². The summed E-state index contributed by atoms with van der Waals surface area (Å²) in [5.41, 5.74) is 3.98. The van der Waals surface area contributed by atoms with Gasteiger partial charge in [0.15, 0.2) is 6.61 Å². The zero-order chi connectivity index (χ0) is 27.7. The van der Waals surface area contributed by atoms with Crippen molar-refractivity contribution in [1.82, 2.24) is 10.2 Å². The number of carbonyl (C=O) groups is 2. The molecule has 0 heterocycles. The van der Waals surface area contributed by atoms with Crippen molar-refractivity contribution in [2.45, 2.75) is 78.4 Å². The predicted molar refractivity (Wildman–Crippen MR) is 154 cm³/mol. The van der Waals surface area contributed by atoms with Crippen LogP contribution in [0.3, 0.4) is 0 Å². The third-order valence-corrected chi connectivity index (χ3v) is 6.92. The molecule has 0 bridgehead atoms. The average molecular weight is 515 g/mol. The van der Waals surface area contributed by atoms with Crippen molar-refractivity contribution in [2.75, 3.05) is 6.61 Å². The van der Waals surface area contributed by atoms with Gasteiger partial charge in [-0.15, -0.1) is 0 Å². The normalized spacial score (nSPS) is 12.9. The summed E-state index contributed by atoms with van der Waals surface area (Å²) >= 11 is 0. The minimum Gasteiger partial charge on any atom is -0.483 e. The van der Waals surface area contributed by atoms with E-state index in [1.165, 1.54) is 0 Å². The van der Waals surface area contributed by atoms with E-state index in [4.69, 9.17) is 4.74 Å². The van der Waals surface area contributed by atoms with Gasteiger partial charge in [-0.2, -0.15) is 0 Å². The van der Waals surface area contributed by atoms with Crippen LogP contribution in [0.25, 0.3) is 0 Å². The SMILES string of the molecule is CC[C@@H](C)NC(=O)[C@@H](Cc1ccccc1)N(Cc1ccccc1C)C(=O)COc1ccccc1C(C)(C)C. The number of ether oxygens (including phenoxy) is 1. The molecule has 2 amide bonds. The zero-order valence-electron chi connectivity index (χ0n) is 23.7. The molecule has 202 valence electrons. The number of hydrogen-bond donors (Lipinski definition) is 1. The molecular weight excluding hydrogens is 472 g/mol. The van der Waals surface area contributed by atoms with E-state index in [1.54, 1.807) is 4.90 Å². The fourth-order valence-corrected chi connectivity index (χ4v) is 4.40. The molecule has 5 nitrogen and oxygen atoms in total. The van der Waals surface area contributed by atoms with E-state index in [2.05, 4.69) is 26.1 Å². The lowest BCUT2D eigenvalue weighted by Gasteiger charge is -2.33. The Morgan fingerprint density at radius 3 is 2.21 bits per heavy atom. The van der Waals surface area contributed by atoms with Crippen LogP contribution in [0.15, 0.2) is 78.9 Å². The zero-order valence-corrected chi connectivity index (χ0v) is 23.7. The minimum absolute atomic E-state index is 0.00565. The molecule has 0 aliphatic carbocycles. The van der Waals surface area contributed by atoms with E-state index < -0.39 is 6.04 Å². The van der Waals surface area contributed by atoms with Gasteiger partial charge in [-0.1, -0.05) is 100 Å². The Morgan fingerprint density at radius 2 is 1.55 bits per heavy atom. The van der Waals surface area contributed by atoms with E-state index in [0.717, 1.165) is 28.7 Å². The van der Waals surface area contributed by atoms with E-state index in [9.17, 15) is 9.59 Å². The van der Waals surface area contributed by atoms with Crippen LogP contribution in [0, 0.1) is 6.92 Å². The average Bonchev–Trinajstić information content (AvgIpc) is 2.90. The molecule has 3 aromatic rings. The Bertz CT molecular complexity index is 1200. The number of nitrogens with zero attached hydrogens (tertiary/aromatic N) is 1. The molecule has 3 aromatic carbocycles. The molecule has 0 unspecified atom stereocenters. The summed E-state index contributed by atoms with van der Waals surface area (Å²) in [5, 5.41) is 3.11. The van der Waals surface area contributed by atoms with Crippen LogP contribution < -0.4 is 10.1 Å². The first-order valence-corrected chi connectivity index (χ1v) is 13.5. The summed E-state index contributed by atoms with van der Waals surface area (Å²) in [6, 6.07) is 25.0. The molecule has 3 rings (SSSR count). The first kappa shape index (κ1) is 29.0. The van der Waals surface area contributed by atoms with Crippen molar-refractivity contribution in [3.63, 3.8) is 0 Å². The van der Waals surface area contributed by atoms with Gasteiger partial charge in [0, 0.05) is 19.0 Å². The van der Waals surface area contributed by atoms with Crippen molar-refractivity contribution in [3.05, 3.63) is 101 Å². The first-order chi connectivity index (χ1) is 18.1. The monoisotopic (exact) mass is 514 g/mol. The van der Waals surface area contributed by atoms with Gasteiger partial charge in [-0.3, -0.25) is 9.59 Å². The molecule has 0 spiro atoms. The number of hydrogen-bond acceptors (Lipinski definition) is 3. The lowest BCUT2D eigenvalue weighted by molar-refractivity contribution is -0.143. The summed E-state index contributed by atoms with van der Waals surface area (Å²) in [7, 11) is 0. The second-order valence-electron chi connectivity index (χ2n) is 11.0. The minimum atomic E-state index is -0.681. The molecule has 0 fully saturated rings. The highest BCUT2D eigenvalue weighted by atomic mass is 16.5. The molecule has 0 aromatic heterocycles. The molecule has 0 aliphatic heterocycles. The molecule has 0 saturated heterocycles. The molecule has 0 saturated carbocycles. The first-order valence-electron chi connectivity index (χ1n) is 13.5. The van der Waals surface area contributed by atoms with E-state index in [1.807, 2.05) is 99.6 Å². The fourth-order valence-electron chi connectivity index (χ4n) is 4.40. The maximum absolute atomic E-state index is 13.9. The Balaban J connectivity index is 1.96. The van der Waals surface area contributed by atoms with Crippen molar-refractivity contribution in [1.29, 1.82) is 0 Å². The summed E-state index contributed by atoms with van der Waals surface area (Å²) in [5.74, 6) is 0.310. The highest BCUT2D eigenvalue weighted by Gasteiger charge is 2.32. The largest absolute Gasteiger partial charge is 0.483 e. The Labute approximate surface area is 228 Å². The topological polar surface area (TPSA) is 58.6 Å². The number of para-hydroxylation sites is 1. The molecule has 2 atom stereocenters. The molecule has 0 aliphatic rings. The van der Waals surface area contributed by atoms with Crippen LogP contribution in [0.5, 0.6) is 5.75 Å². The van der Waals surface area contributed by atoms with Gasteiger partial charge >= 0.3 is 0 Å². The number of nitrogens with one attached hydrogen (secondary N) is 1. The van der Waals surface area contributed by atoms with Gasteiger partial charge in [0.1, 0.15) is 11.8 Å². The van der Waals surface area contributed by atoms with Gasteiger partial charge in [0.25, 0.3) is 5.91 Å². The van der Waals surface area contributed by atoms with Crippen LogP contribution in [-0.4, -0.2) is 35.4 Å². The van der Waals surface area contributed by atoms with E-state index in [0.29, 0.717) is 18.7 Å². The van der Waals surface area contributed by atoms with Crippen molar-refractivity contribution in [2.24, 2.45) is 0 Å². The second-order valence-corrected chi connectivity index (χ2v) is 11.0. The maximum atomic E-state index is 13.9. The number of aryl methyl sites for hydroxylation is 1. The van der Waals surface area contributed by atoms with Crippen molar-refractivity contribution in [3.8, 4) is 5.75 Å². The number of rotatable bonds is 11. The fraction of sp³-hybridized carbons (Fsp3) is 0.394. The molecule has 0 radical (unpaired) electrons. The number of benzene rings is 3. The molecule has 38 heavy (non-hydrogen) atoms. The number of amides is 2. The summed E-state index contributed by atoms with van der Waals surface area (Å²) in [6.07, 6.45) is 1.22. The molecular formula is C33H42N2O3. The standard InChI is InChI=1S/C33H42N2O3/c1-7-25(3)34-32(37)29(21-26-16-9-8-10-17-26)35(22-27-18-12-11-15-24(27)2)31(36)23-38-30-20-14-13-19-28(30)33(4,5)6/h8-20,25,29H,7,21-23H2,1-6H3,(H,34,37)/t25-,29-/m1/s1. The van der Waals surface area contributed by atoms with Gasteiger partial charge < -0.3 is 15.0 Å². The Kier molecular flexibility index (Phi) is 10.1. The second kappa shape index (κ2) is 13.3. The summed E-state index contributed by atoms with van der Waals surface area (Å²) < 4.78 is 6.13. The Hall–Kier alpha value is -3.60. The van der Waals surface area contributed by atoms with Gasteiger partial charge in [-0.05, 0) is 54.0 Å². The highest BCUT2D eigenvalue weighted by molar-refractivity contribution is 5.88. The number of carbonyl (C=O) groups excluding carboxylic acids is 2. The van der Waals surface area contributed by atoms with Crippen LogP contribution >= 0.6 is 0 Å². The third kappa shape index (κ3) is 7.95. The predicted octanol–water partition coefficient (Wildman–Crippen LogP) is 6.23. The Morgan fingerprint density at radius 1 is 0.921 bits per heavy atom. The van der Waals surface area contributed by atoms with E-state index in [-0.39, 0.29) is 29.9 Å². The quantitative estimate of drug-likeness (QED) is 0.330. The summed E-state index contributed by atoms with van der Waals surface area (Å²) in [6.45, 7) is 12.6. The highest BCUT2D eigenvalue weighted by Crippen LogP contribution is 2.31.